The first kappa shape index (κ1) is 16.3. The van der Waals surface area contributed by atoms with E-state index in [1.165, 1.54) is 18.4 Å². The molecule has 0 bridgehead atoms. The largest absolute Gasteiger partial charge is 0.490 e. The summed E-state index contributed by atoms with van der Waals surface area (Å²) in [6.07, 6.45) is 2.02. The van der Waals surface area contributed by atoms with Crippen molar-refractivity contribution in [1.82, 2.24) is 5.32 Å². The van der Waals surface area contributed by atoms with Gasteiger partial charge in [0.2, 0.25) is 0 Å². The second-order valence-corrected chi connectivity index (χ2v) is 5.84. The minimum atomic E-state index is -0.583. The molecule has 1 aliphatic rings. The molecule has 2 rings (SSSR count). The highest BCUT2D eigenvalue weighted by Gasteiger charge is 2.20. The lowest BCUT2D eigenvalue weighted by Crippen LogP contribution is -2.24. The summed E-state index contributed by atoms with van der Waals surface area (Å²) in [5.74, 6) is 0.876. The van der Waals surface area contributed by atoms with Gasteiger partial charge in [0.15, 0.2) is 0 Å². The molecule has 0 aliphatic heterocycles. The molecule has 1 aromatic rings. The van der Waals surface area contributed by atoms with Gasteiger partial charge in [-0.05, 0) is 50.3 Å². The molecule has 1 fully saturated rings. The molecule has 1 atom stereocenters. The number of benzene rings is 1. The molecule has 0 spiro atoms. The van der Waals surface area contributed by atoms with Gasteiger partial charge >= 0.3 is 0 Å². The summed E-state index contributed by atoms with van der Waals surface area (Å²) in [7, 11) is 0. The molecular weight excluding hydrogens is 266 g/mol. The van der Waals surface area contributed by atoms with Gasteiger partial charge in [-0.3, -0.25) is 0 Å². The maximum atomic E-state index is 9.77. The fraction of sp³-hybridized carbons (Fsp3) is 0.647. The average molecular weight is 293 g/mol. The third-order valence-electron chi connectivity index (χ3n) is 3.63. The van der Waals surface area contributed by atoms with Gasteiger partial charge in [0, 0.05) is 19.2 Å². The van der Waals surface area contributed by atoms with Crippen LogP contribution in [0, 0.1) is 13.8 Å². The van der Waals surface area contributed by atoms with Gasteiger partial charge in [0.25, 0.3) is 0 Å². The highest BCUT2D eigenvalue weighted by Crippen LogP contribution is 2.26. The van der Waals surface area contributed by atoms with Crippen molar-refractivity contribution < 1.29 is 14.6 Å². The molecule has 0 amide bonds. The highest BCUT2D eigenvalue weighted by molar-refractivity contribution is 5.43. The molecule has 1 aromatic carbocycles. The summed E-state index contributed by atoms with van der Waals surface area (Å²) in [6, 6.07) is 5.04. The first-order valence-corrected chi connectivity index (χ1v) is 7.82. The molecule has 21 heavy (non-hydrogen) atoms. The minimum absolute atomic E-state index is 0.265. The van der Waals surface area contributed by atoms with Gasteiger partial charge in [0.1, 0.15) is 18.5 Å². The molecule has 1 saturated carbocycles. The van der Waals surface area contributed by atoms with E-state index in [1.807, 2.05) is 6.92 Å². The Bertz CT molecular complexity index is 434. The Morgan fingerprint density at radius 2 is 1.90 bits per heavy atom. The van der Waals surface area contributed by atoms with E-state index >= 15 is 0 Å². The zero-order valence-electron chi connectivity index (χ0n) is 13.3. The van der Waals surface area contributed by atoms with Crippen LogP contribution < -0.4 is 10.1 Å². The number of nitrogens with one attached hydrogen (secondary N) is 1. The lowest BCUT2D eigenvalue weighted by molar-refractivity contribution is 0.0162. The van der Waals surface area contributed by atoms with Gasteiger partial charge in [-0.1, -0.05) is 12.1 Å². The lowest BCUT2D eigenvalue weighted by atomic mass is 10.1. The number of aliphatic hydroxyl groups excluding tert-OH is 1. The van der Waals surface area contributed by atoms with E-state index in [2.05, 4.69) is 31.3 Å². The van der Waals surface area contributed by atoms with E-state index < -0.39 is 6.10 Å². The first-order chi connectivity index (χ1) is 10.1. The zero-order valence-corrected chi connectivity index (χ0v) is 13.3. The fourth-order valence-corrected chi connectivity index (χ4v) is 2.40. The van der Waals surface area contributed by atoms with Gasteiger partial charge in [-0.2, -0.15) is 0 Å². The normalized spacial score (nSPS) is 16.0. The third-order valence-corrected chi connectivity index (χ3v) is 3.63. The Kier molecular flexibility index (Phi) is 6.03. The predicted octanol–water partition coefficient (Wildman–Crippen LogP) is 2.33. The minimum Gasteiger partial charge on any atom is -0.490 e. The first-order valence-electron chi connectivity index (χ1n) is 7.82. The van der Waals surface area contributed by atoms with Gasteiger partial charge < -0.3 is 19.9 Å². The van der Waals surface area contributed by atoms with E-state index in [0.717, 1.165) is 29.5 Å². The molecule has 1 unspecified atom stereocenters. The molecule has 0 saturated heterocycles. The van der Waals surface area contributed by atoms with Crippen LogP contribution in [0.2, 0.25) is 0 Å². The van der Waals surface area contributed by atoms with Crippen molar-refractivity contribution in [1.29, 1.82) is 0 Å². The molecule has 4 heteroatoms. The number of rotatable bonds is 9. The molecule has 1 aliphatic carbocycles. The van der Waals surface area contributed by atoms with Crippen LogP contribution in [0.15, 0.2) is 12.1 Å². The topological polar surface area (TPSA) is 50.7 Å². The summed E-state index contributed by atoms with van der Waals surface area (Å²) in [6.45, 7) is 8.13. The second kappa shape index (κ2) is 7.78. The number of ether oxygens (including phenoxy) is 2. The Morgan fingerprint density at radius 3 is 2.48 bits per heavy atom. The Hall–Kier alpha value is -1.10. The Labute approximate surface area is 127 Å². The summed E-state index contributed by atoms with van der Waals surface area (Å²) in [5.41, 5.74) is 3.52. The smallest absolute Gasteiger partial charge is 0.125 e. The molecule has 0 heterocycles. The van der Waals surface area contributed by atoms with Gasteiger partial charge in [-0.15, -0.1) is 0 Å². The summed E-state index contributed by atoms with van der Waals surface area (Å²) < 4.78 is 11.0. The van der Waals surface area contributed by atoms with E-state index in [4.69, 9.17) is 9.47 Å². The highest BCUT2D eigenvalue weighted by atomic mass is 16.5. The Balaban J connectivity index is 1.89. The third kappa shape index (κ3) is 5.30. The molecular formula is C17H27NO3. The van der Waals surface area contributed by atoms with E-state index in [0.29, 0.717) is 13.2 Å². The zero-order chi connectivity index (χ0) is 15.2. The van der Waals surface area contributed by atoms with Crippen LogP contribution in [0.25, 0.3) is 0 Å². The fourth-order valence-electron chi connectivity index (χ4n) is 2.40. The number of hydrogen-bond donors (Lipinski definition) is 2. The lowest BCUT2D eigenvalue weighted by Gasteiger charge is -2.17. The summed E-state index contributed by atoms with van der Waals surface area (Å²) >= 11 is 0. The van der Waals surface area contributed by atoms with Crippen LogP contribution in [0.3, 0.4) is 0 Å². The number of aryl methyl sites for hydroxylation is 2. The standard InChI is InChI=1S/C17H27NO3/c1-4-20-10-16(19)11-21-17-12(2)7-14(8-13(17)3)9-18-15-5-6-15/h7-8,15-16,18-19H,4-6,9-11H2,1-3H3. The van der Waals surface area contributed by atoms with Crippen molar-refractivity contribution in [2.75, 3.05) is 19.8 Å². The van der Waals surface area contributed by atoms with Crippen LogP contribution in [0.5, 0.6) is 5.75 Å². The quantitative estimate of drug-likeness (QED) is 0.734. The maximum Gasteiger partial charge on any atom is 0.125 e. The Morgan fingerprint density at radius 1 is 1.24 bits per heavy atom. The predicted molar refractivity (Wildman–Crippen MR) is 83.8 cm³/mol. The van der Waals surface area contributed by atoms with Crippen LogP contribution in [-0.4, -0.2) is 37.1 Å². The van der Waals surface area contributed by atoms with Crippen molar-refractivity contribution >= 4 is 0 Å². The van der Waals surface area contributed by atoms with Crippen LogP contribution in [-0.2, 0) is 11.3 Å². The second-order valence-electron chi connectivity index (χ2n) is 5.84. The van der Waals surface area contributed by atoms with Gasteiger partial charge in [-0.25, -0.2) is 0 Å². The average Bonchev–Trinajstić information content (AvgIpc) is 3.26. The van der Waals surface area contributed by atoms with Gasteiger partial charge in [0.05, 0.1) is 6.61 Å². The van der Waals surface area contributed by atoms with E-state index in [-0.39, 0.29) is 6.61 Å². The van der Waals surface area contributed by atoms with Crippen molar-refractivity contribution in [3.63, 3.8) is 0 Å². The number of aliphatic hydroxyl groups is 1. The molecule has 118 valence electrons. The van der Waals surface area contributed by atoms with Crippen LogP contribution >= 0.6 is 0 Å². The monoisotopic (exact) mass is 293 g/mol. The molecule has 0 radical (unpaired) electrons. The molecule has 2 N–H and O–H groups in total. The van der Waals surface area contributed by atoms with Crippen LogP contribution in [0.4, 0.5) is 0 Å². The van der Waals surface area contributed by atoms with Crippen molar-refractivity contribution in [3.8, 4) is 5.75 Å². The SMILES string of the molecule is CCOCC(O)COc1c(C)cc(CNC2CC2)cc1C. The summed E-state index contributed by atoms with van der Waals surface area (Å²) in [5, 5.41) is 13.3. The van der Waals surface area contributed by atoms with Crippen molar-refractivity contribution in [2.45, 2.75) is 52.3 Å². The molecule has 0 aromatic heterocycles. The summed E-state index contributed by atoms with van der Waals surface area (Å²) in [4.78, 5) is 0. The van der Waals surface area contributed by atoms with E-state index in [1.54, 1.807) is 0 Å². The van der Waals surface area contributed by atoms with Crippen LogP contribution in [0.1, 0.15) is 36.5 Å². The van der Waals surface area contributed by atoms with E-state index in [9.17, 15) is 5.11 Å². The maximum absolute atomic E-state index is 9.77. The molecule has 4 nitrogen and oxygen atoms in total. The van der Waals surface area contributed by atoms with Crippen molar-refractivity contribution in [2.24, 2.45) is 0 Å². The number of hydrogen-bond acceptors (Lipinski definition) is 4. The van der Waals surface area contributed by atoms with Crippen molar-refractivity contribution in [3.05, 3.63) is 28.8 Å².